The van der Waals surface area contributed by atoms with E-state index in [9.17, 15) is 0 Å². The number of benzene rings is 1. The van der Waals surface area contributed by atoms with E-state index in [1.165, 1.54) is 17.5 Å². The molecule has 0 bridgehead atoms. The molecule has 0 fully saturated rings. The first-order valence-corrected chi connectivity index (χ1v) is 6.16. The summed E-state index contributed by atoms with van der Waals surface area (Å²) >= 11 is 5.22. The van der Waals surface area contributed by atoms with Crippen molar-refractivity contribution in [1.82, 2.24) is 5.32 Å². The highest BCUT2D eigenvalue weighted by Crippen LogP contribution is 2.15. The molecule has 2 N–H and O–H groups in total. The fourth-order valence-electron chi connectivity index (χ4n) is 1.50. The third-order valence-corrected chi connectivity index (χ3v) is 2.69. The highest BCUT2D eigenvalue weighted by molar-refractivity contribution is 7.80. The van der Waals surface area contributed by atoms with E-state index in [0.717, 1.165) is 18.7 Å². The second-order valence-electron chi connectivity index (χ2n) is 4.05. The third-order valence-electron chi connectivity index (χ3n) is 2.45. The Kier molecular flexibility index (Phi) is 5.26. The van der Waals surface area contributed by atoms with E-state index in [0.29, 0.717) is 5.11 Å². The molecule has 0 radical (unpaired) electrons. The molecule has 2 nitrogen and oxygen atoms in total. The molecule has 0 saturated heterocycles. The second-order valence-corrected chi connectivity index (χ2v) is 4.46. The zero-order valence-corrected chi connectivity index (χ0v) is 11.1. The molecule has 0 saturated carbocycles. The summed E-state index contributed by atoms with van der Waals surface area (Å²) in [6, 6.07) is 6.31. The van der Waals surface area contributed by atoms with Gasteiger partial charge in [-0.2, -0.15) is 0 Å². The van der Waals surface area contributed by atoms with Gasteiger partial charge in [-0.1, -0.05) is 31.0 Å². The van der Waals surface area contributed by atoms with Crippen molar-refractivity contribution in [2.75, 3.05) is 11.9 Å². The fourth-order valence-corrected chi connectivity index (χ4v) is 1.71. The Bertz CT molecular complexity index is 361. The van der Waals surface area contributed by atoms with Crippen LogP contribution in [-0.2, 0) is 0 Å². The van der Waals surface area contributed by atoms with Crippen molar-refractivity contribution in [1.29, 1.82) is 0 Å². The van der Waals surface area contributed by atoms with Crippen molar-refractivity contribution < 1.29 is 0 Å². The summed E-state index contributed by atoms with van der Waals surface area (Å²) in [6.45, 7) is 7.29. The van der Waals surface area contributed by atoms with E-state index in [1.54, 1.807) is 0 Å². The normalized spacial score (nSPS) is 9.94. The lowest BCUT2D eigenvalue weighted by Crippen LogP contribution is -2.29. The van der Waals surface area contributed by atoms with E-state index in [-0.39, 0.29) is 0 Å². The molecule has 88 valence electrons. The fraction of sp³-hybridized carbons (Fsp3) is 0.462. The topological polar surface area (TPSA) is 24.1 Å². The molecule has 0 aliphatic rings. The van der Waals surface area contributed by atoms with E-state index in [4.69, 9.17) is 12.2 Å². The summed E-state index contributed by atoms with van der Waals surface area (Å²) in [7, 11) is 0. The van der Waals surface area contributed by atoms with Crippen molar-refractivity contribution in [2.45, 2.75) is 33.6 Å². The first-order chi connectivity index (χ1) is 7.63. The summed E-state index contributed by atoms with van der Waals surface area (Å²) in [6.07, 6.45) is 2.33. The van der Waals surface area contributed by atoms with E-state index in [1.807, 2.05) is 0 Å². The number of unbranched alkanes of at least 4 members (excludes halogenated alkanes) is 1. The van der Waals surface area contributed by atoms with Crippen LogP contribution in [0.1, 0.15) is 30.9 Å². The largest absolute Gasteiger partial charge is 0.362 e. The van der Waals surface area contributed by atoms with Crippen LogP contribution in [0.4, 0.5) is 5.69 Å². The standard InChI is InChI=1S/C13H20N2S/c1-4-5-8-14-13(16)15-12-7-6-10(2)9-11(12)3/h6-7,9H,4-5,8H2,1-3H3,(H2,14,15,16). The van der Waals surface area contributed by atoms with Gasteiger partial charge in [-0.15, -0.1) is 0 Å². The van der Waals surface area contributed by atoms with Crippen LogP contribution in [0.25, 0.3) is 0 Å². The van der Waals surface area contributed by atoms with Gasteiger partial charge in [-0.3, -0.25) is 0 Å². The molecular formula is C13H20N2S. The molecule has 1 aromatic rings. The summed E-state index contributed by atoms with van der Waals surface area (Å²) in [4.78, 5) is 0. The van der Waals surface area contributed by atoms with Crippen molar-refractivity contribution >= 4 is 23.0 Å². The number of nitrogens with one attached hydrogen (secondary N) is 2. The Balaban J connectivity index is 2.49. The van der Waals surface area contributed by atoms with Gasteiger partial charge in [-0.25, -0.2) is 0 Å². The molecule has 0 heterocycles. The quantitative estimate of drug-likeness (QED) is 0.619. The minimum atomic E-state index is 0.709. The zero-order chi connectivity index (χ0) is 12.0. The lowest BCUT2D eigenvalue weighted by atomic mass is 10.1. The molecule has 0 amide bonds. The minimum Gasteiger partial charge on any atom is -0.362 e. The van der Waals surface area contributed by atoms with Crippen molar-refractivity contribution in [3.8, 4) is 0 Å². The van der Waals surface area contributed by atoms with Gasteiger partial charge in [0.1, 0.15) is 0 Å². The smallest absolute Gasteiger partial charge is 0.170 e. The van der Waals surface area contributed by atoms with Gasteiger partial charge in [0.25, 0.3) is 0 Å². The maximum Gasteiger partial charge on any atom is 0.170 e. The van der Waals surface area contributed by atoms with E-state index >= 15 is 0 Å². The van der Waals surface area contributed by atoms with Gasteiger partial charge in [0.2, 0.25) is 0 Å². The highest BCUT2D eigenvalue weighted by atomic mass is 32.1. The van der Waals surface area contributed by atoms with E-state index in [2.05, 4.69) is 49.6 Å². The minimum absolute atomic E-state index is 0.709. The zero-order valence-electron chi connectivity index (χ0n) is 10.3. The Morgan fingerprint density at radius 2 is 2.06 bits per heavy atom. The SMILES string of the molecule is CCCCNC(=S)Nc1ccc(C)cc1C. The first kappa shape index (κ1) is 13.0. The average Bonchev–Trinajstić information content (AvgIpc) is 2.23. The molecule has 0 atom stereocenters. The Morgan fingerprint density at radius 3 is 2.69 bits per heavy atom. The highest BCUT2D eigenvalue weighted by Gasteiger charge is 2.00. The molecule has 0 aromatic heterocycles. The van der Waals surface area contributed by atoms with Crippen LogP contribution in [0.2, 0.25) is 0 Å². The molecule has 1 aromatic carbocycles. The van der Waals surface area contributed by atoms with Gasteiger partial charge in [0, 0.05) is 12.2 Å². The van der Waals surface area contributed by atoms with Crippen molar-refractivity contribution in [3.63, 3.8) is 0 Å². The predicted octanol–water partition coefficient (Wildman–Crippen LogP) is 3.39. The molecule has 3 heteroatoms. The van der Waals surface area contributed by atoms with Crippen LogP contribution in [0, 0.1) is 13.8 Å². The lowest BCUT2D eigenvalue weighted by Gasteiger charge is -2.12. The molecule has 0 unspecified atom stereocenters. The van der Waals surface area contributed by atoms with Crippen molar-refractivity contribution in [3.05, 3.63) is 29.3 Å². The van der Waals surface area contributed by atoms with Gasteiger partial charge in [0.15, 0.2) is 5.11 Å². The molecule has 0 spiro atoms. The summed E-state index contributed by atoms with van der Waals surface area (Å²) in [5.74, 6) is 0. The number of hydrogen-bond acceptors (Lipinski definition) is 1. The van der Waals surface area contributed by atoms with Gasteiger partial charge < -0.3 is 10.6 Å². The number of anilines is 1. The van der Waals surface area contributed by atoms with Crippen LogP contribution >= 0.6 is 12.2 Å². The van der Waals surface area contributed by atoms with E-state index < -0.39 is 0 Å². The average molecular weight is 236 g/mol. The predicted molar refractivity (Wildman–Crippen MR) is 75.0 cm³/mol. The molecule has 1 rings (SSSR count). The maximum atomic E-state index is 5.22. The van der Waals surface area contributed by atoms with Crippen LogP contribution in [-0.4, -0.2) is 11.7 Å². The Hall–Kier alpha value is -1.09. The number of hydrogen-bond donors (Lipinski definition) is 2. The summed E-state index contributed by atoms with van der Waals surface area (Å²) < 4.78 is 0. The summed E-state index contributed by atoms with van der Waals surface area (Å²) in [5, 5.41) is 7.12. The van der Waals surface area contributed by atoms with Crippen molar-refractivity contribution in [2.24, 2.45) is 0 Å². The summed E-state index contributed by atoms with van der Waals surface area (Å²) in [5.41, 5.74) is 3.58. The third kappa shape index (κ3) is 4.19. The van der Waals surface area contributed by atoms with Gasteiger partial charge in [0.05, 0.1) is 0 Å². The Morgan fingerprint density at radius 1 is 1.31 bits per heavy atom. The molecular weight excluding hydrogens is 216 g/mol. The monoisotopic (exact) mass is 236 g/mol. The number of rotatable bonds is 4. The van der Waals surface area contributed by atoms with Crippen LogP contribution in [0.5, 0.6) is 0 Å². The van der Waals surface area contributed by atoms with Crippen LogP contribution in [0.3, 0.4) is 0 Å². The maximum absolute atomic E-state index is 5.22. The first-order valence-electron chi connectivity index (χ1n) is 5.75. The van der Waals surface area contributed by atoms with Crippen LogP contribution < -0.4 is 10.6 Å². The number of thiocarbonyl (C=S) groups is 1. The molecule has 16 heavy (non-hydrogen) atoms. The van der Waals surface area contributed by atoms with Crippen LogP contribution in [0.15, 0.2) is 18.2 Å². The van der Waals surface area contributed by atoms with Gasteiger partial charge >= 0.3 is 0 Å². The number of aryl methyl sites for hydroxylation is 2. The molecule has 0 aliphatic carbocycles. The molecule has 0 aliphatic heterocycles. The van der Waals surface area contributed by atoms with Gasteiger partial charge in [-0.05, 0) is 44.1 Å². The second kappa shape index (κ2) is 6.48. The Labute approximate surface area is 103 Å². The lowest BCUT2D eigenvalue weighted by molar-refractivity contribution is 0.758.